The third-order valence-electron chi connectivity index (χ3n) is 3.60. The normalized spacial score (nSPS) is 19.9. The lowest BCUT2D eigenvalue weighted by Gasteiger charge is -2.14. The number of amides is 1. The number of para-hydroxylation sites is 1. The number of benzene rings is 1. The molecule has 0 saturated carbocycles. The molecule has 22 heavy (non-hydrogen) atoms. The maximum Gasteiger partial charge on any atom is 0.286 e. The average Bonchev–Trinajstić information content (AvgIpc) is 3.14. The number of phenols is 1. The molecule has 116 valence electrons. The largest absolute Gasteiger partial charge is 0.504 e. The van der Waals surface area contributed by atoms with Crippen LogP contribution in [0.1, 0.15) is 25.3 Å². The molecule has 6 heteroatoms. The van der Waals surface area contributed by atoms with Crippen molar-refractivity contribution in [1.29, 1.82) is 0 Å². The number of thioether (sulfide) groups is 1. The number of likely N-dealkylation sites (tertiary alicyclic amines) is 1. The molecular weight excluding hydrogens is 300 g/mol. The second-order valence-electron chi connectivity index (χ2n) is 5.13. The van der Waals surface area contributed by atoms with Crippen molar-refractivity contribution in [1.82, 2.24) is 4.90 Å². The maximum atomic E-state index is 12.1. The highest BCUT2D eigenvalue weighted by Crippen LogP contribution is 2.36. The smallest absolute Gasteiger partial charge is 0.286 e. The lowest BCUT2D eigenvalue weighted by Crippen LogP contribution is -2.23. The Hall–Kier alpha value is -1.95. The summed E-state index contributed by atoms with van der Waals surface area (Å²) < 4.78 is 5.36. The van der Waals surface area contributed by atoms with Gasteiger partial charge in [0, 0.05) is 18.7 Å². The van der Waals surface area contributed by atoms with Crippen molar-refractivity contribution in [2.24, 2.45) is 4.99 Å². The van der Waals surface area contributed by atoms with E-state index in [0.29, 0.717) is 22.8 Å². The highest BCUT2D eigenvalue weighted by atomic mass is 32.2. The zero-order valence-electron chi connectivity index (χ0n) is 12.4. The van der Waals surface area contributed by atoms with Gasteiger partial charge in [0.1, 0.15) is 0 Å². The number of hydrogen-bond acceptors (Lipinski definition) is 5. The van der Waals surface area contributed by atoms with Gasteiger partial charge in [-0.05, 0) is 43.7 Å². The van der Waals surface area contributed by atoms with Gasteiger partial charge in [-0.25, -0.2) is 0 Å². The maximum absolute atomic E-state index is 12.1. The predicted molar refractivity (Wildman–Crippen MR) is 88.1 cm³/mol. The molecule has 0 bridgehead atoms. The molecule has 1 amide bonds. The number of amidine groups is 1. The number of aromatic hydroxyl groups is 1. The van der Waals surface area contributed by atoms with Crippen molar-refractivity contribution in [3.63, 3.8) is 0 Å². The van der Waals surface area contributed by atoms with Crippen LogP contribution < -0.4 is 4.74 Å². The van der Waals surface area contributed by atoms with Crippen LogP contribution in [-0.4, -0.2) is 40.8 Å². The summed E-state index contributed by atoms with van der Waals surface area (Å²) in [5.74, 6) is 0.237. The molecule has 0 atom stereocenters. The summed E-state index contributed by atoms with van der Waals surface area (Å²) in [6, 6.07) is 5.26. The lowest BCUT2D eigenvalue weighted by molar-refractivity contribution is -0.113. The van der Waals surface area contributed by atoms with E-state index in [1.807, 2.05) is 6.92 Å². The SMILES string of the molecule is CCOc1cccc(/C=C2\SC(N3CCCC3)=NC2=O)c1O. The van der Waals surface area contributed by atoms with E-state index in [2.05, 4.69) is 9.89 Å². The molecule has 0 spiro atoms. The molecule has 1 aromatic carbocycles. The van der Waals surface area contributed by atoms with E-state index < -0.39 is 0 Å². The highest BCUT2D eigenvalue weighted by Gasteiger charge is 2.27. The molecule has 0 aromatic heterocycles. The standard InChI is InChI=1S/C16H18N2O3S/c1-2-21-12-7-5-6-11(14(12)19)10-13-15(20)17-16(22-13)18-8-3-4-9-18/h5-7,10,19H,2-4,8-9H2,1H3/b13-10-. The Morgan fingerprint density at radius 2 is 2.18 bits per heavy atom. The van der Waals surface area contributed by atoms with Gasteiger partial charge in [0.15, 0.2) is 16.7 Å². The van der Waals surface area contributed by atoms with Gasteiger partial charge in [-0.15, -0.1) is 0 Å². The molecule has 1 saturated heterocycles. The second-order valence-corrected chi connectivity index (χ2v) is 6.14. The van der Waals surface area contributed by atoms with Crippen LogP contribution in [0, 0.1) is 0 Å². The summed E-state index contributed by atoms with van der Waals surface area (Å²) in [5.41, 5.74) is 0.569. The van der Waals surface area contributed by atoms with E-state index in [0.717, 1.165) is 31.1 Å². The molecule has 1 aromatic rings. The van der Waals surface area contributed by atoms with Crippen LogP contribution in [0.5, 0.6) is 11.5 Å². The van der Waals surface area contributed by atoms with Gasteiger partial charge in [-0.3, -0.25) is 4.79 Å². The van der Waals surface area contributed by atoms with Crippen LogP contribution in [0.25, 0.3) is 6.08 Å². The van der Waals surface area contributed by atoms with Crippen LogP contribution in [0.4, 0.5) is 0 Å². The molecule has 3 rings (SSSR count). The second kappa shape index (κ2) is 6.44. The molecule has 0 unspecified atom stereocenters. The van der Waals surface area contributed by atoms with Crippen LogP contribution in [0.2, 0.25) is 0 Å². The van der Waals surface area contributed by atoms with Crippen molar-refractivity contribution in [3.05, 3.63) is 28.7 Å². The summed E-state index contributed by atoms with van der Waals surface area (Å²) >= 11 is 1.37. The quantitative estimate of drug-likeness (QED) is 0.868. The molecule has 1 fully saturated rings. The van der Waals surface area contributed by atoms with E-state index in [9.17, 15) is 9.90 Å². The molecule has 2 heterocycles. The van der Waals surface area contributed by atoms with Crippen molar-refractivity contribution < 1.29 is 14.6 Å². The number of rotatable bonds is 3. The number of hydrogen-bond donors (Lipinski definition) is 1. The minimum atomic E-state index is -0.242. The Morgan fingerprint density at radius 1 is 1.41 bits per heavy atom. The summed E-state index contributed by atoms with van der Waals surface area (Å²) in [5, 5.41) is 11.0. The van der Waals surface area contributed by atoms with Crippen molar-refractivity contribution >= 4 is 28.9 Å². The van der Waals surface area contributed by atoms with E-state index >= 15 is 0 Å². The number of aliphatic imine (C=N–C) groups is 1. The Kier molecular flexibility index (Phi) is 4.38. The van der Waals surface area contributed by atoms with Gasteiger partial charge in [0.05, 0.1) is 11.5 Å². The minimum absolute atomic E-state index is 0.0554. The molecule has 5 nitrogen and oxygen atoms in total. The van der Waals surface area contributed by atoms with E-state index in [4.69, 9.17) is 4.74 Å². The van der Waals surface area contributed by atoms with Gasteiger partial charge in [-0.1, -0.05) is 12.1 Å². The molecule has 1 N–H and O–H groups in total. The molecule has 2 aliphatic rings. The Morgan fingerprint density at radius 3 is 2.91 bits per heavy atom. The summed E-state index contributed by atoms with van der Waals surface area (Å²) in [6.07, 6.45) is 3.96. The highest BCUT2D eigenvalue weighted by molar-refractivity contribution is 8.18. The third-order valence-corrected chi connectivity index (χ3v) is 4.65. The zero-order chi connectivity index (χ0) is 15.5. The molecule has 0 radical (unpaired) electrons. The summed E-state index contributed by atoms with van der Waals surface area (Å²) in [7, 11) is 0. The van der Waals surface area contributed by atoms with Crippen LogP contribution in [0.15, 0.2) is 28.1 Å². The molecule has 2 aliphatic heterocycles. The third kappa shape index (κ3) is 2.97. The fraction of sp³-hybridized carbons (Fsp3) is 0.375. The van der Waals surface area contributed by atoms with Gasteiger partial charge in [0.25, 0.3) is 5.91 Å². The average molecular weight is 318 g/mol. The number of carbonyl (C=O) groups excluding carboxylic acids is 1. The molecule has 0 aliphatic carbocycles. The number of ether oxygens (including phenoxy) is 1. The summed E-state index contributed by atoms with van der Waals surface area (Å²) in [4.78, 5) is 18.8. The Balaban J connectivity index is 1.82. The monoisotopic (exact) mass is 318 g/mol. The fourth-order valence-electron chi connectivity index (χ4n) is 2.51. The van der Waals surface area contributed by atoms with Crippen molar-refractivity contribution in [3.8, 4) is 11.5 Å². The minimum Gasteiger partial charge on any atom is -0.504 e. The van der Waals surface area contributed by atoms with Crippen LogP contribution >= 0.6 is 11.8 Å². The first-order valence-electron chi connectivity index (χ1n) is 7.41. The Bertz CT molecular complexity index is 649. The summed E-state index contributed by atoms with van der Waals surface area (Å²) in [6.45, 7) is 4.25. The zero-order valence-corrected chi connectivity index (χ0v) is 13.2. The first-order valence-corrected chi connectivity index (χ1v) is 8.23. The number of carbonyl (C=O) groups is 1. The van der Waals surface area contributed by atoms with Gasteiger partial charge in [-0.2, -0.15) is 4.99 Å². The lowest BCUT2D eigenvalue weighted by atomic mass is 10.1. The van der Waals surface area contributed by atoms with Gasteiger partial charge >= 0.3 is 0 Å². The topological polar surface area (TPSA) is 62.1 Å². The van der Waals surface area contributed by atoms with Crippen LogP contribution in [-0.2, 0) is 4.79 Å². The van der Waals surface area contributed by atoms with E-state index in [1.165, 1.54) is 11.8 Å². The first-order chi connectivity index (χ1) is 10.7. The number of nitrogens with zero attached hydrogens (tertiary/aromatic N) is 2. The van der Waals surface area contributed by atoms with E-state index in [1.54, 1.807) is 24.3 Å². The van der Waals surface area contributed by atoms with Gasteiger partial charge in [0.2, 0.25) is 0 Å². The first kappa shape index (κ1) is 15.0. The Labute approximate surface area is 133 Å². The fourth-order valence-corrected chi connectivity index (χ4v) is 3.47. The molecular formula is C16H18N2O3S. The van der Waals surface area contributed by atoms with E-state index in [-0.39, 0.29) is 11.7 Å². The predicted octanol–water partition coefficient (Wildman–Crippen LogP) is 2.86. The number of phenolic OH excluding ortho intramolecular Hbond substituents is 1. The van der Waals surface area contributed by atoms with Gasteiger partial charge < -0.3 is 14.7 Å². The van der Waals surface area contributed by atoms with Crippen molar-refractivity contribution in [2.75, 3.05) is 19.7 Å². The van der Waals surface area contributed by atoms with Crippen molar-refractivity contribution in [2.45, 2.75) is 19.8 Å². The van der Waals surface area contributed by atoms with Crippen LogP contribution in [0.3, 0.4) is 0 Å².